The fourth-order valence-corrected chi connectivity index (χ4v) is 3.59. The third-order valence-electron chi connectivity index (χ3n) is 4.27. The van der Waals surface area contributed by atoms with Crippen LogP contribution in [0.5, 0.6) is 0 Å². The van der Waals surface area contributed by atoms with Gasteiger partial charge in [0.2, 0.25) is 0 Å². The molecule has 1 atom stereocenters. The predicted octanol–water partition coefficient (Wildman–Crippen LogP) is 2.48. The van der Waals surface area contributed by atoms with E-state index in [0.717, 1.165) is 10.4 Å². The highest BCUT2D eigenvalue weighted by Gasteiger charge is 2.42. The maximum atomic E-state index is 12.4. The van der Waals surface area contributed by atoms with Crippen molar-refractivity contribution in [2.75, 3.05) is 25.5 Å². The van der Waals surface area contributed by atoms with Gasteiger partial charge in [0.1, 0.15) is 5.00 Å². The van der Waals surface area contributed by atoms with Crippen molar-refractivity contribution in [2.45, 2.75) is 27.2 Å². The number of urea groups is 1. The fourth-order valence-electron chi connectivity index (χ4n) is 2.55. The first-order chi connectivity index (χ1) is 10.7. The van der Waals surface area contributed by atoms with E-state index in [9.17, 15) is 19.5 Å². The van der Waals surface area contributed by atoms with Crippen LogP contribution in [0.4, 0.5) is 9.80 Å². The summed E-state index contributed by atoms with van der Waals surface area (Å²) < 4.78 is 4.77. The Labute approximate surface area is 138 Å². The van der Waals surface area contributed by atoms with E-state index in [1.165, 1.54) is 23.3 Å². The number of thiophene rings is 1. The summed E-state index contributed by atoms with van der Waals surface area (Å²) in [6, 6.07) is -0.402. The molecule has 0 bridgehead atoms. The molecular formula is C15H20N2O5S. The third-order valence-corrected chi connectivity index (χ3v) is 5.39. The van der Waals surface area contributed by atoms with E-state index < -0.39 is 23.4 Å². The van der Waals surface area contributed by atoms with E-state index in [-0.39, 0.29) is 6.54 Å². The smallest absolute Gasteiger partial charge is 0.341 e. The van der Waals surface area contributed by atoms with E-state index in [0.29, 0.717) is 23.5 Å². The number of aliphatic carboxylic acids is 1. The van der Waals surface area contributed by atoms with Crippen molar-refractivity contribution in [3.05, 3.63) is 16.0 Å². The molecule has 1 unspecified atom stereocenters. The van der Waals surface area contributed by atoms with Crippen LogP contribution in [0.25, 0.3) is 0 Å². The lowest BCUT2D eigenvalue weighted by atomic mass is 9.90. The average molecular weight is 340 g/mol. The van der Waals surface area contributed by atoms with Gasteiger partial charge in [0.15, 0.2) is 0 Å². The number of carbonyl (C=O) groups excluding carboxylic acids is 2. The van der Waals surface area contributed by atoms with Crippen LogP contribution in [0.3, 0.4) is 0 Å². The molecule has 2 heterocycles. The second kappa shape index (κ2) is 6.19. The average Bonchev–Trinajstić information content (AvgIpc) is 3.01. The van der Waals surface area contributed by atoms with Gasteiger partial charge in [-0.15, -0.1) is 11.3 Å². The largest absolute Gasteiger partial charge is 0.481 e. The van der Waals surface area contributed by atoms with Gasteiger partial charge in [-0.25, -0.2) is 9.59 Å². The quantitative estimate of drug-likeness (QED) is 0.824. The molecule has 1 saturated heterocycles. The maximum absolute atomic E-state index is 12.4. The monoisotopic (exact) mass is 340 g/mol. The van der Waals surface area contributed by atoms with Gasteiger partial charge in [-0.05, 0) is 32.8 Å². The Morgan fingerprint density at radius 1 is 1.35 bits per heavy atom. The Morgan fingerprint density at radius 2 is 2.00 bits per heavy atom. The number of amides is 2. The Hall–Kier alpha value is -2.09. The molecule has 2 N–H and O–H groups in total. The van der Waals surface area contributed by atoms with Crippen LogP contribution in [0.1, 0.15) is 34.1 Å². The number of esters is 1. The normalized spacial score (nSPS) is 20.4. The number of aryl methyl sites for hydroxylation is 1. The molecule has 126 valence electrons. The Balaban J connectivity index is 2.18. The number of carboxylic acid groups (broad SMARTS) is 1. The van der Waals surface area contributed by atoms with Crippen LogP contribution in [-0.2, 0) is 9.53 Å². The van der Waals surface area contributed by atoms with Crippen molar-refractivity contribution in [1.29, 1.82) is 0 Å². The number of methoxy groups -OCH3 is 1. The van der Waals surface area contributed by atoms with Crippen molar-refractivity contribution in [3.8, 4) is 0 Å². The van der Waals surface area contributed by atoms with Crippen LogP contribution in [0.15, 0.2) is 0 Å². The summed E-state index contributed by atoms with van der Waals surface area (Å²) >= 11 is 1.30. The van der Waals surface area contributed by atoms with E-state index in [1.807, 2.05) is 6.92 Å². The highest BCUT2D eigenvalue weighted by molar-refractivity contribution is 7.16. The maximum Gasteiger partial charge on any atom is 0.341 e. The number of carbonyl (C=O) groups is 3. The summed E-state index contributed by atoms with van der Waals surface area (Å²) in [6.45, 7) is 5.79. The lowest BCUT2D eigenvalue weighted by Gasteiger charge is -2.20. The first-order valence-corrected chi connectivity index (χ1v) is 7.99. The van der Waals surface area contributed by atoms with Gasteiger partial charge < -0.3 is 14.7 Å². The lowest BCUT2D eigenvalue weighted by Crippen LogP contribution is -2.37. The number of nitrogens with zero attached hydrogens (tertiary/aromatic N) is 1. The van der Waals surface area contributed by atoms with Crippen LogP contribution in [0, 0.1) is 19.3 Å². The topological polar surface area (TPSA) is 95.9 Å². The van der Waals surface area contributed by atoms with Crippen molar-refractivity contribution < 1.29 is 24.2 Å². The van der Waals surface area contributed by atoms with Crippen molar-refractivity contribution in [2.24, 2.45) is 5.41 Å². The lowest BCUT2D eigenvalue weighted by molar-refractivity contribution is -0.146. The van der Waals surface area contributed by atoms with Gasteiger partial charge in [-0.3, -0.25) is 10.1 Å². The molecule has 0 aliphatic carbocycles. The Bertz CT molecular complexity index is 669. The van der Waals surface area contributed by atoms with Gasteiger partial charge in [0, 0.05) is 18.0 Å². The van der Waals surface area contributed by atoms with Gasteiger partial charge in [0.05, 0.1) is 18.1 Å². The summed E-state index contributed by atoms with van der Waals surface area (Å²) in [7, 11) is 1.29. The molecule has 2 amide bonds. The predicted molar refractivity (Wildman–Crippen MR) is 86.1 cm³/mol. The van der Waals surface area contributed by atoms with Gasteiger partial charge in [-0.2, -0.15) is 0 Å². The molecule has 8 heteroatoms. The van der Waals surface area contributed by atoms with Crippen molar-refractivity contribution in [1.82, 2.24) is 4.90 Å². The van der Waals surface area contributed by atoms with Gasteiger partial charge >= 0.3 is 18.0 Å². The molecule has 2 rings (SSSR count). The fraction of sp³-hybridized carbons (Fsp3) is 0.533. The highest BCUT2D eigenvalue weighted by Crippen LogP contribution is 2.34. The molecule has 0 aromatic carbocycles. The zero-order chi connectivity index (χ0) is 17.4. The molecule has 1 aliphatic heterocycles. The van der Waals surface area contributed by atoms with Crippen LogP contribution >= 0.6 is 11.3 Å². The zero-order valence-corrected chi connectivity index (χ0v) is 14.4. The third kappa shape index (κ3) is 3.17. The number of ether oxygens (including phenoxy) is 1. The standard InChI is InChI=1S/C15H20N2O5S/c1-8-9(2)23-11(10(8)12(18)22-4)16-14(21)17-6-5-15(3,7-17)13(19)20/h5-7H2,1-4H3,(H,16,21)(H,19,20). The summed E-state index contributed by atoms with van der Waals surface area (Å²) in [4.78, 5) is 37.9. The SMILES string of the molecule is COC(=O)c1c(NC(=O)N2CCC(C)(C(=O)O)C2)sc(C)c1C. The first kappa shape index (κ1) is 17.3. The molecule has 1 fully saturated rings. The molecule has 1 aliphatic rings. The minimum absolute atomic E-state index is 0.144. The summed E-state index contributed by atoms with van der Waals surface area (Å²) in [6.07, 6.45) is 0.405. The minimum Gasteiger partial charge on any atom is -0.481 e. The molecule has 0 spiro atoms. The van der Waals surface area contributed by atoms with Crippen LogP contribution < -0.4 is 5.32 Å². The second-order valence-corrected chi connectivity index (χ2v) is 7.17. The number of carboxylic acids is 1. The molecule has 1 aromatic heterocycles. The number of rotatable bonds is 3. The first-order valence-electron chi connectivity index (χ1n) is 7.17. The van der Waals surface area contributed by atoms with Crippen molar-refractivity contribution in [3.63, 3.8) is 0 Å². The Morgan fingerprint density at radius 3 is 2.52 bits per heavy atom. The number of nitrogens with one attached hydrogen (secondary N) is 1. The van der Waals surface area contributed by atoms with Gasteiger partial charge in [-0.1, -0.05) is 0 Å². The number of hydrogen-bond donors (Lipinski definition) is 2. The van der Waals surface area contributed by atoms with Crippen LogP contribution in [0.2, 0.25) is 0 Å². The molecule has 1 aromatic rings. The number of anilines is 1. The number of likely N-dealkylation sites (tertiary alicyclic amines) is 1. The molecule has 23 heavy (non-hydrogen) atoms. The summed E-state index contributed by atoms with van der Waals surface area (Å²) in [5.41, 5.74) is 0.196. The van der Waals surface area contributed by atoms with E-state index in [2.05, 4.69) is 5.32 Å². The van der Waals surface area contributed by atoms with Crippen molar-refractivity contribution >= 4 is 34.3 Å². The molecular weight excluding hydrogens is 320 g/mol. The molecule has 0 saturated carbocycles. The molecule has 0 radical (unpaired) electrons. The second-order valence-electron chi connectivity index (χ2n) is 5.95. The Kier molecular flexibility index (Phi) is 4.65. The van der Waals surface area contributed by atoms with Crippen LogP contribution in [-0.4, -0.2) is 48.2 Å². The summed E-state index contributed by atoms with van der Waals surface area (Å²) in [5.74, 6) is -1.41. The molecule has 7 nitrogen and oxygen atoms in total. The van der Waals surface area contributed by atoms with E-state index in [1.54, 1.807) is 13.8 Å². The minimum atomic E-state index is -0.927. The number of hydrogen-bond acceptors (Lipinski definition) is 5. The van der Waals surface area contributed by atoms with E-state index >= 15 is 0 Å². The highest BCUT2D eigenvalue weighted by atomic mass is 32.1. The van der Waals surface area contributed by atoms with Gasteiger partial charge in [0.25, 0.3) is 0 Å². The zero-order valence-electron chi connectivity index (χ0n) is 13.6. The van der Waals surface area contributed by atoms with E-state index in [4.69, 9.17) is 4.74 Å². The summed E-state index contributed by atoms with van der Waals surface area (Å²) in [5, 5.41) is 12.4.